The number of likely N-dealkylation sites (N-methyl/N-ethyl adjacent to an activating group) is 1. The summed E-state index contributed by atoms with van der Waals surface area (Å²) in [5.74, 6) is 0.128. The van der Waals surface area contributed by atoms with Crippen LogP contribution in [0.2, 0.25) is 0 Å². The van der Waals surface area contributed by atoms with Crippen LogP contribution in [0.1, 0.15) is 5.82 Å². The fraction of sp³-hybridized carbons (Fsp3) is 0.600. The first kappa shape index (κ1) is 8.60. The van der Waals surface area contributed by atoms with Crippen molar-refractivity contribution in [3.05, 3.63) is 5.82 Å². The van der Waals surface area contributed by atoms with Crippen LogP contribution in [0.15, 0.2) is 0 Å². The first-order valence-corrected chi connectivity index (χ1v) is 3.27. The average molecular weight is 171 g/mol. The number of hydrogen-bond donors (Lipinski definition) is 1. The molecule has 7 heteroatoms. The molecule has 12 heavy (non-hydrogen) atoms. The van der Waals surface area contributed by atoms with Gasteiger partial charge in [-0.25, -0.2) is 5.06 Å². The second kappa shape index (κ2) is 3.77. The molecule has 0 unspecified atom stereocenters. The highest BCUT2D eigenvalue weighted by atomic mass is 16.7. The van der Waals surface area contributed by atoms with Crippen molar-refractivity contribution < 1.29 is 9.63 Å². The lowest BCUT2D eigenvalue weighted by atomic mass is 10.4. The van der Waals surface area contributed by atoms with Crippen molar-refractivity contribution >= 4 is 5.91 Å². The molecule has 1 aromatic heterocycles. The number of carbonyl (C=O) groups excluding carboxylic acids is 1. The Kier molecular flexibility index (Phi) is 2.70. The Labute approximate surface area is 68.7 Å². The Balaban J connectivity index is 2.47. The molecule has 1 heterocycles. The number of nitrogens with one attached hydrogen (secondary N) is 1. The maximum Gasteiger partial charge on any atom is 0.253 e. The topological polar surface area (TPSA) is 84.0 Å². The number of carbonyl (C=O) groups is 1. The summed E-state index contributed by atoms with van der Waals surface area (Å²) in [6.07, 6.45) is 0.0842. The number of aromatic amines is 1. The van der Waals surface area contributed by atoms with Crippen LogP contribution in [-0.2, 0) is 16.1 Å². The van der Waals surface area contributed by atoms with Gasteiger partial charge in [0, 0.05) is 7.05 Å². The summed E-state index contributed by atoms with van der Waals surface area (Å²) in [5.41, 5.74) is 0. The van der Waals surface area contributed by atoms with Crippen molar-refractivity contribution in [2.45, 2.75) is 6.42 Å². The van der Waals surface area contributed by atoms with E-state index in [1.807, 2.05) is 0 Å². The van der Waals surface area contributed by atoms with Gasteiger partial charge in [-0.05, 0) is 0 Å². The van der Waals surface area contributed by atoms with Crippen LogP contribution in [-0.4, -0.2) is 45.8 Å². The van der Waals surface area contributed by atoms with E-state index in [9.17, 15) is 4.79 Å². The van der Waals surface area contributed by atoms with E-state index in [0.717, 1.165) is 5.06 Å². The first-order chi connectivity index (χ1) is 5.74. The third kappa shape index (κ3) is 1.99. The number of hydrogen-bond acceptors (Lipinski definition) is 5. The fourth-order valence-electron chi connectivity index (χ4n) is 0.606. The average Bonchev–Trinajstić information content (AvgIpc) is 2.55. The number of tetrazole rings is 1. The molecule has 0 saturated heterocycles. The molecule has 0 aliphatic rings. The molecular weight excluding hydrogens is 162 g/mol. The molecule has 1 aromatic rings. The smallest absolute Gasteiger partial charge is 0.253 e. The van der Waals surface area contributed by atoms with Crippen LogP contribution in [0.4, 0.5) is 0 Å². The van der Waals surface area contributed by atoms with Gasteiger partial charge in [-0.15, -0.1) is 10.2 Å². The third-order valence-corrected chi connectivity index (χ3v) is 1.32. The summed E-state index contributed by atoms with van der Waals surface area (Å²) in [4.78, 5) is 15.8. The van der Waals surface area contributed by atoms with E-state index >= 15 is 0 Å². The molecule has 0 aliphatic heterocycles. The molecule has 0 atom stereocenters. The minimum atomic E-state index is -0.223. The van der Waals surface area contributed by atoms with E-state index in [2.05, 4.69) is 25.5 Å². The molecule has 0 radical (unpaired) electrons. The lowest BCUT2D eigenvalue weighted by Crippen LogP contribution is -2.27. The van der Waals surface area contributed by atoms with Crippen LogP contribution < -0.4 is 0 Å². The summed E-state index contributed by atoms with van der Waals surface area (Å²) < 4.78 is 0. The third-order valence-electron chi connectivity index (χ3n) is 1.32. The largest absolute Gasteiger partial charge is 0.275 e. The van der Waals surface area contributed by atoms with Crippen molar-refractivity contribution in [3.63, 3.8) is 0 Å². The van der Waals surface area contributed by atoms with Gasteiger partial charge < -0.3 is 0 Å². The molecule has 0 bridgehead atoms. The molecule has 0 aromatic carbocycles. The molecule has 7 nitrogen and oxygen atoms in total. The zero-order valence-electron chi connectivity index (χ0n) is 6.81. The van der Waals surface area contributed by atoms with Crippen molar-refractivity contribution in [3.8, 4) is 0 Å². The van der Waals surface area contributed by atoms with Crippen LogP contribution >= 0.6 is 0 Å². The fourth-order valence-corrected chi connectivity index (χ4v) is 0.606. The number of amides is 1. The van der Waals surface area contributed by atoms with Gasteiger partial charge in [0.2, 0.25) is 0 Å². The lowest BCUT2D eigenvalue weighted by molar-refractivity contribution is -0.167. The SMILES string of the molecule is CON(C)C(=O)Cc1nn[nH]n1. The van der Waals surface area contributed by atoms with E-state index in [1.54, 1.807) is 0 Å². The number of rotatable bonds is 3. The number of aromatic nitrogens is 4. The molecule has 1 N–H and O–H groups in total. The molecule has 0 spiro atoms. The van der Waals surface area contributed by atoms with Gasteiger partial charge in [-0.2, -0.15) is 5.21 Å². The van der Waals surface area contributed by atoms with Gasteiger partial charge in [-0.1, -0.05) is 5.21 Å². The first-order valence-electron chi connectivity index (χ1n) is 3.27. The summed E-state index contributed by atoms with van der Waals surface area (Å²) in [5, 5.41) is 13.9. The Morgan fingerprint density at radius 3 is 3.00 bits per heavy atom. The van der Waals surface area contributed by atoms with Gasteiger partial charge in [0.25, 0.3) is 5.91 Å². The minimum absolute atomic E-state index is 0.0842. The molecule has 0 saturated carbocycles. The number of H-pyrrole nitrogens is 1. The molecule has 0 fully saturated rings. The second-order valence-electron chi connectivity index (χ2n) is 2.08. The summed E-state index contributed by atoms with van der Waals surface area (Å²) >= 11 is 0. The van der Waals surface area contributed by atoms with E-state index in [0.29, 0.717) is 5.82 Å². The molecule has 1 rings (SSSR count). The number of hydroxylamine groups is 2. The van der Waals surface area contributed by atoms with Crippen LogP contribution in [0.25, 0.3) is 0 Å². The molecule has 1 amide bonds. The standard InChI is InChI=1S/C5H9N5O2/c1-10(12-2)5(11)3-4-6-8-9-7-4/h3H2,1-2H3,(H,6,7,8,9). The van der Waals surface area contributed by atoms with Crippen molar-refractivity contribution in [2.75, 3.05) is 14.2 Å². The van der Waals surface area contributed by atoms with Gasteiger partial charge in [0.15, 0.2) is 5.82 Å². The van der Waals surface area contributed by atoms with Crippen LogP contribution in [0.3, 0.4) is 0 Å². The molecule has 66 valence electrons. The maximum absolute atomic E-state index is 11.1. The molecular formula is C5H9N5O2. The Morgan fingerprint density at radius 2 is 2.50 bits per heavy atom. The van der Waals surface area contributed by atoms with Crippen molar-refractivity contribution in [1.82, 2.24) is 25.7 Å². The minimum Gasteiger partial charge on any atom is -0.275 e. The highest BCUT2D eigenvalue weighted by Crippen LogP contribution is 1.91. The van der Waals surface area contributed by atoms with Gasteiger partial charge in [0.05, 0.1) is 13.5 Å². The van der Waals surface area contributed by atoms with Crippen LogP contribution in [0.5, 0.6) is 0 Å². The maximum atomic E-state index is 11.1. The summed E-state index contributed by atoms with van der Waals surface area (Å²) in [6, 6.07) is 0. The van der Waals surface area contributed by atoms with E-state index in [1.165, 1.54) is 14.2 Å². The normalized spacial score (nSPS) is 9.83. The zero-order valence-corrected chi connectivity index (χ0v) is 6.81. The number of nitrogens with zero attached hydrogens (tertiary/aromatic N) is 4. The van der Waals surface area contributed by atoms with Crippen molar-refractivity contribution in [2.24, 2.45) is 0 Å². The summed E-state index contributed by atoms with van der Waals surface area (Å²) in [6.45, 7) is 0. The van der Waals surface area contributed by atoms with E-state index in [-0.39, 0.29) is 12.3 Å². The van der Waals surface area contributed by atoms with Crippen molar-refractivity contribution in [1.29, 1.82) is 0 Å². The highest BCUT2D eigenvalue weighted by Gasteiger charge is 2.11. The Morgan fingerprint density at radius 1 is 1.75 bits per heavy atom. The highest BCUT2D eigenvalue weighted by molar-refractivity contribution is 5.76. The second-order valence-corrected chi connectivity index (χ2v) is 2.08. The Bertz CT molecular complexity index is 246. The van der Waals surface area contributed by atoms with Gasteiger partial charge in [-0.3, -0.25) is 9.63 Å². The quantitative estimate of drug-likeness (QED) is 0.575. The van der Waals surface area contributed by atoms with Gasteiger partial charge in [0.1, 0.15) is 0 Å². The molecule has 0 aliphatic carbocycles. The predicted molar refractivity (Wildman–Crippen MR) is 37.7 cm³/mol. The summed E-state index contributed by atoms with van der Waals surface area (Å²) in [7, 11) is 2.93. The van der Waals surface area contributed by atoms with E-state index in [4.69, 9.17) is 0 Å². The van der Waals surface area contributed by atoms with Gasteiger partial charge >= 0.3 is 0 Å². The van der Waals surface area contributed by atoms with Crippen LogP contribution in [0, 0.1) is 0 Å². The van der Waals surface area contributed by atoms with E-state index < -0.39 is 0 Å². The lowest BCUT2D eigenvalue weighted by Gasteiger charge is -2.11. The Hall–Kier alpha value is -1.50. The monoisotopic (exact) mass is 171 g/mol. The predicted octanol–water partition coefficient (Wildman–Crippen LogP) is -1.24. The zero-order chi connectivity index (χ0) is 8.97.